The molecule has 3 nitrogen and oxygen atoms in total. The van der Waals surface area contributed by atoms with Crippen LogP contribution >= 0.6 is 0 Å². The second-order valence-electron chi connectivity index (χ2n) is 4.87. The average Bonchev–Trinajstić information content (AvgIpc) is 2.61. The van der Waals surface area contributed by atoms with Gasteiger partial charge in [0.15, 0.2) is 0 Å². The predicted octanol–water partition coefficient (Wildman–Crippen LogP) is 1.68. The fourth-order valence-corrected chi connectivity index (χ4v) is 2.06. The summed E-state index contributed by atoms with van der Waals surface area (Å²) < 4.78 is 0. The summed E-state index contributed by atoms with van der Waals surface area (Å²) in [6.45, 7) is 6.87. The summed E-state index contributed by atoms with van der Waals surface area (Å²) in [6, 6.07) is 0.851. The van der Waals surface area contributed by atoms with Gasteiger partial charge in [0.1, 0.15) is 0 Å². The van der Waals surface area contributed by atoms with Gasteiger partial charge in [0.25, 0.3) is 0 Å². The lowest BCUT2D eigenvalue weighted by Crippen LogP contribution is -2.41. The molecule has 3 heteroatoms. The topological polar surface area (TPSA) is 41.1 Å². The van der Waals surface area contributed by atoms with Crippen LogP contribution < -0.4 is 10.6 Å². The van der Waals surface area contributed by atoms with Gasteiger partial charge in [-0.05, 0) is 38.5 Å². The van der Waals surface area contributed by atoms with E-state index in [0.717, 1.165) is 12.3 Å². The normalized spacial score (nSPS) is 27.7. The summed E-state index contributed by atoms with van der Waals surface area (Å²) in [7, 11) is 0. The van der Waals surface area contributed by atoms with Crippen LogP contribution in [0.1, 0.15) is 46.5 Å². The first-order valence-electron chi connectivity index (χ1n) is 6.14. The van der Waals surface area contributed by atoms with Crippen molar-refractivity contribution in [2.45, 2.75) is 58.5 Å². The first-order chi connectivity index (χ1) is 7.11. The van der Waals surface area contributed by atoms with Crippen molar-refractivity contribution in [1.29, 1.82) is 0 Å². The van der Waals surface area contributed by atoms with Crippen molar-refractivity contribution < 1.29 is 4.79 Å². The first kappa shape index (κ1) is 12.5. The molecule has 0 aromatic rings. The SMILES string of the molecule is CCC(C)NC(=O)CNC1CCC(C)C1. The highest BCUT2D eigenvalue weighted by atomic mass is 16.1. The van der Waals surface area contributed by atoms with Crippen LogP contribution in [0.3, 0.4) is 0 Å². The van der Waals surface area contributed by atoms with Gasteiger partial charge in [-0.3, -0.25) is 4.79 Å². The molecule has 1 amide bonds. The van der Waals surface area contributed by atoms with E-state index in [1.54, 1.807) is 0 Å². The maximum absolute atomic E-state index is 11.5. The molecule has 1 saturated carbocycles. The first-order valence-corrected chi connectivity index (χ1v) is 6.14. The molecule has 2 N–H and O–H groups in total. The summed E-state index contributed by atoms with van der Waals surface area (Å²) in [5.74, 6) is 0.948. The Bertz CT molecular complexity index is 206. The number of carbonyl (C=O) groups is 1. The van der Waals surface area contributed by atoms with E-state index >= 15 is 0 Å². The molecule has 0 bridgehead atoms. The molecule has 0 saturated heterocycles. The lowest BCUT2D eigenvalue weighted by atomic mass is 10.1. The molecule has 15 heavy (non-hydrogen) atoms. The quantitative estimate of drug-likeness (QED) is 0.728. The fraction of sp³-hybridized carbons (Fsp3) is 0.917. The van der Waals surface area contributed by atoms with Gasteiger partial charge in [-0.1, -0.05) is 13.8 Å². The summed E-state index contributed by atoms with van der Waals surface area (Å²) in [6.07, 6.45) is 4.73. The molecule has 1 fully saturated rings. The molecule has 0 aliphatic heterocycles. The van der Waals surface area contributed by atoms with Gasteiger partial charge in [0.2, 0.25) is 5.91 Å². The van der Waals surface area contributed by atoms with E-state index in [-0.39, 0.29) is 5.91 Å². The lowest BCUT2D eigenvalue weighted by molar-refractivity contribution is -0.121. The monoisotopic (exact) mass is 212 g/mol. The highest BCUT2D eigenvalue weighted by Gasteiger charge is 2.21. The Labute approximate surface area is 93.0 Å². The van der Waals surface area contributed by atoms with Crippen molar-refractivity contribution in [3.63, 3.8) is 0 Å². The highest BCUT2D eigenvalue weighted by molar-refractivity contribution is 5.78. The highest BCUT2D eigenvalue weighted by Crippen LogP contribution is 2.24. The molecule has 88 valence electrons. The summed E-state index contributed by atoms with van der Waals surface area (Å²) >= 11 is 0. The van der Waals surface area contributed by atoms with Crippen molar-refractivity contribution in [3.8, 4) is 0 Å². The maximum Gasteiger partial charge on any atom is 0.234 e. The van der Waals surface area contributed by atoms with Gasteiger partial charge in [-0.2, -0.15) is 0 Å². The Hall–Kier alpha value is -0.570. The molecule has 0 heterocycles. The van der Waals surface area contributed by atoms with Crippen LogP contribution in [0.4, 0.5) is 0 Å². The van der Waals surface area contributed by atoms with E-state index in [1.165, 1.54) is 19.3 Å². The van der Waals surface area contributed by atoms with E-state index in [2.05, 4.69) is 24.5 Å². The van der Waals surface area contributed by atoms with Crippen LogP contribution in [0.5, 0.6) is 0 Å². The number of nitrogens with one attached hydrogen (secondary N) is 2. The lowest BCUT2D eigenvalue weighted by Gasteiger charge is -2.14. The molecule has 3 atom stereocenters. The minimum absolute atomic E-state index is 0.129. The molecule has 0 radical (unpaired) electrons. The zero-order chi connectivity index (χ0) is 11.3. The average molecular weight is 212 g/mol. The molecule has 1 rings (SSSR count). The fourth-order valence-electron chi connectivity index (χ4n) is 2.06. The Morgan fingerprint density at radius 2 is 2.20 bits per heavy atom. The van der Waals surface area contributed by atoms with Gasteiger partial charge >= 0.3 is 0 Å². The zero-order valence-corrected chi connectivity index (χ0v) is 10.2. The standard InChI is InChI=1S/C12H24N2O/c1-4-10(3)14-12(15)8-13-11-6-5-9(2)7-11/h9-11,13H,4-8H2,1-3H3,(H,14,15). The van der Waals surface area contributed by atoms with E-state index in [9.17, 15) is 4.79 Å². The molecular weight excluding hydrogens is 188 g/mol. The van der Waals surface area contributed by atoms with E-state index < -0.39 is 0 Å². The molecule has 0 spiro atoms. The summed E-state index contributed by atoms with van der Waals surface area (Å²) in [4.78, 5) is 11.5. The number of rotatable bonds is 5. The number of amides is 1. The van der Waals surface area contributed by atoms with Crippen molar-refractivity contribution in [2.75, 3.05) is 6.54 Å². The van der Waals surface area contributed by atoms with Crippen molar-refractivity contribution in [3.05, 3.63) is 0 Å². The smallest absolute Gasteiger partial charge is 0.234 e. The van der Waals surface area contributed by atoms with Crippen LogP contribution in [0.25, 0.3) is 0 Å². The van der Waals surface area contributed by atoms with Crippen LogP contribution in [0.2, 0.25) is 0 Å². The van der Waals surface area contributed by atoms with Gasteiger partial charge < -0.3 is 10.6 Å². The molecule has 0 aromatic carbocycles. The Balaban J connectivity index is 2.11. The van der Waals surface area contributed by atoms with Crippen LogP contribution in [-0.2, 0) is 4.79 Å². The minimum Gasteiger partial charge on any atom is -0.353 e. The van der Waals surface area contributed by atoms with E-state index in [1.807, 2.05) is 6.92 Å². The molecule has 1 aliphatic rings. The van der Waals surface area contributed by atoms with Crippen LogP contribution in [-0.4, -0.2) is 24.5 Å². The maximum atomic E-state index is 11.5. The van der Waals surface area contributed by atoms with Crippen LogP contribution in [0, 0.1) is 5.92 Å². The van der Waals surface area contributed by atoms with Gasteiger partial charge in [0.05, 0.1) is 6.54 Å². The van der Waals surface area contributed by atoms with Crippen molar-refractivity contribution in [1.82, 2.24) is 10.6 Å². The number of hydrogen-bond acceptors (Lipinski definition) is 2. The van der Waals surface area contributed by atoms with Crippen molar-refractivity contribution >= 4 is 5.91 Å². The molecular formula is C12H24N2O. The Morgan fingerprint density at radius 3 is 2.73 bits per heavy atom. The Morgan fingerprint density at radius 1 is 1.47 bits per heavy atom. The van der Waals surface area contributed by atoms with E-state index in [0.29, 0.717) is 18.6 Å². The summed E-state index contributed by atoms with van der Waals surface area (Å²) in [5, 5.41) is 6.29. The van der Waals surface area contributed by atoms with Crippen LogP contribution in [0.15, 0.2) is 0 Å². The predicted molar refractivity (Wildman–Crippen MR) is 62.7 cm³/mol. The van der Waals surface area contributed by atoms with Gasteiger partial charge in [-0.15, -0.1) is 0 Å². The molecule has 0 aromatic heterocycles. The van der Waals surface area contributed by atoms with Crippen molar-refractivity contribution in [2.24, 2.45) is 5.92 Å². The number of hydrogen-bond donors (Lipinski definition) is 2. The third kappa shape index (κ3) is 4.65. The third-order valence-corrected chi connectivity index (χ3v) is 3.27. The largest absolute Gasteiger partial charge is 0.353 e. The number of carbonyl (C=O) groups excluding carboxylic acids is 1. The Kier molecular flexibility index (Phi) is 5.09. The van der Waals surface area contributed by atoms with E-state index in [4.69, 9.17) is 0 Å². The minimum atomic E-state index is 0.129. The van der Waals surface area contributed by atoms with Gasteiger partial charge in [-0.25, -0.2) is 0 Å². The molecule has 3 unspecified atom stereocenters. The zero-order valence-electron chi connectivity index (χ0n) is 10.2. The second-order valence-corrected chi connectivity index (χ2v) is 4.87. The summed E-state index contributed by atoms with van der Waals surface area (Å²) in [5.41, 5.74) is 0. The second kappa shape index (κ2) is 6.11. The van der Waals surface area contributed by atoms with Gasteiger partial charge in [0, 0.05) is 12.1 Å². The third-order valence-electron chi connectivity index (χ3n) is 3.27. The molecule has 1 aliphatic carbocycles.